The largest absolute Gasteiger partial charge is 0.478 e. The molecule has 0 fully saturated rings. The Morgan fingerprint density at radius 1 is 1.45 bits per heavy atom. The van der Waals surface area contributed by atoms with E-state index in [2.05, 4.69) is 10.3 Å². The Labute approximate surface area is 126 Å². The molecule has 1 atom stereocenters. The molecule has 0 radical (unpaired) electrons. The fraction of sp³-hybridized carbons (Fsp3) is 0.286. The first kappa shape index (κ1) is 14.9. The topological polar surface area (TPSA) is 61.7 Å². The minimum atomic E-state index is -0.959. The second-order valence-electron chi connectivity index (χ2n) is 4.29. The Hall–Kier alpha value is -1.46. The number of hydrogen-bond donors (Lipinski definition) is 2. The third-order valence-corrected chi connectivity index (χ3v) is 3.94. The molecule has 0 spiro atoms. The van der Waals surface area contributed by atoms with Crippen LogP contribution in [0.5, 0.6) is 0 Å². The van der Waals surface area contributed by atoms with E-state index < -0.39 is 12.0 Å². The average Bonchev–Trinajstić information content (AvgIpc) is 2.38. The number of rotatable bonds is 3. The average molecular weight is 311 g/mol. The number of carboxylic acid groups (broad SMARTS) is 1. The van der Waals surface area contributed by atoms with Crippen LogP contribution >= 0.6 is 23.4 Å². The number of benzene rings is 1. The number of aliphatic imine (C=N–C) groups is 1. The summed E-state index contributed by atoms with van der Waals surface area (Å²) in [6, 6.07) is 6.62. The molecule has 0 saturated heterocycles. The van der Waals surface area contributed by atoms with E-state index in [1.54, 1.807) is 30.8 Å². The second-order valence-corrected chi connectivity index (χ2v) is 5.98. The van der Waals surface area contributed by atoms with Gasteiger partial charge in [-0.15, -0.1) is 0 Å². The molecule has 0 saturated carbocycles. The Kier molecular flexibility index (Phi) is 4.73. The molecule has 0 bridgehead atoms. The molecule has 1 unspecified atom stereocenters. The summed E-state index contributed by atoms with van der Waals surface area (Å²) < 4.78 is 0. The van der Waals surface area contributed by atoms with Crippen molar-refractivity contribution < 1.29 is 9.90 Å². The van der Waals surface area contributed by atoms with Crippen LogP contribution in [0.4, 0.5) is 0 Å². The molecule has 1 heterocycles. The highest BCUT2D eigenvalue weighted by atomic mass is 35.5. The zero-order chi connectivity index (χ0) is 14.7. The molecule has 4 nitrogen and oxygen atoms in total. The van der Waals surface area contributed by atoms with E-state index in [0.29, 0.717) is 10.7 Å². The Balaban J connectivity index is 2.44. The normalized spacial score (nSPS) is 18.6. The number of allylic oxidation sites excluding steroid dienone is 1. The van der Waals surface area contributed by atoms with Crippen LogP contribution < -0.4 is 5.32 Å². The Morgan fingerprint density at radius 2 is 2.10 bits per heavy atom. The monoisotopic (exact) mass is 310 g/mol. The molecule has 0 amide bonds. The van der Waals surface area contributed by atoms with Crippen LogP contribution in [0, 0.1) is 0 Å². The number of aliphatic carboxylic acids is 1. The zero-order valence-electron chi connectivity index (χ0n) is 11.2. The predicted octanol–water partition coefficient (Wildman–Crippen LogP) is 3.45. The van der Waals surface area contributed by atoms with Crippen molar-refractivity contribution in [2.24, 2.45) is 4.99 Å². The molecule has 20 heavy (non-hydrogen) atoms. The van der Waals surface area contributed by atoms with Gasteiger partial charge in [0.1, 0.15) is 6.04 Å². The van der Waals surface area contributed by atoms with Crippen LogP contribution in [0.2, 0.25) is 5.02 Å². The van der Waals surface area contributed by atoms with Gasteiger partial charge >= 0.3 is 5.97 Å². The summed E-state index contributed by atoms with van der Waals surface area (Å²) in [5.74, 6) is -0.0891. The van der Waals surface area contributed by atoms with Crippen LogP contribution in [-0.4, -0.2) is 22.0 Å². The van der Waals surface area contributed by atoms with Crippen LogP contribution in [0.1, 0.15) is 25.5 Å². The molecule has 0 aliphatic carbocycles. The van der Waals surface area contributed by atoms with E-state index in [9.17, 15) is 9.90 Å². The van der Waals surface area contributed by atoms with Gasteiger partial charge in [0.25, 0.3) is 0 Å². The van der Waals surface area contributed by atoms with E-state index in [1.807, 2.05) is 19.1 Å². The maximum absolute atomic E-state index is 11.5. The zero-order valence-corrected chi connectivity index (χ0v) is 12.8. The second kappa shape index (κ2) is 6.33. The number of halogens is 1. The maximum atomic E-state index is 11.5. The van der Waals surface area contributed by atoms with Gasteiger partial charge in [0.05, 0.1) is 5.57 Å². The van der Waals surface area contributed by atoms with Crippen LogP contribution in [0.3, 0.4) is 0 Å². The summed E-state index contributed by atoms with van der Waals surface area (Å²) in [5, 5.41) is 13.8. The van der Waals surface area contributed by atoms with Crippen LogP contribution in [0.15, 0.2) is 40.5 Å². The van der Waals surface area contributed by atoms with Gasteiger partial charge in [-0.1, -0.05) is 42.4 Å². The van der Waals surface area contributed by atoms with Crippen LogP contribution in [-0.2, 0) is 4.79 Å². The molecule has 6 heteroatoms. The Bertz CT molecular complexity index is 581. The van der Waals surface area contributed by atoms with Gasteiger partial charge in [-0.25, -0.2) is 9.79 Å². The van der Waals surface area contributed by atoms with Gasteiger partial charge in [-0.05, 0) is 30.4 Å². The molecule has 106 valence electrons. The van der Waals surface area contributed by atoms with Gasteiger partial charge in [0.2, 0.25) is 0 Å². The molecule has 1 aliphatic rings. The first-order valence-corrected chi connectivity index (χ1v) is 7.56. The fourth-order valence-corrected chi connectivity index (χ4v) is 2.83. The molecule has 1 aromatic carbocycles. The highest BCUT2D eigenvalue weighted by Gasteiger charge is 2.28. The van der Waals surface area contributed by atoms with Crippen molar-refractivity contribution in [1.82, 2.24) is 5.32 Å². The number of nitrogens with zero attached hydrogens (tertiary/aromatic N) is 1. The number of hydrogen-bond acceptors (Lipinski definition) is 4. The van der Waals surface area contributed by atoms with Crippen molar-refractivity contribution in [3.05, 3.63) is 46.1 Å². The summed E-state index contributed by atoms with van der Waals surface area (Å²) >= 11 is 7.43. The number of carbonyl (C=O) groups is 1. The minimum Gasteiger partial charge on any atom is -0.478 e. The first-order valence-electron chi connectivity index (χ1n) is 6.20. The maximum Gasteiger partial charge on any atom is 0.335 e. The number of carboxylic acids is 1. The third kappa shape index (κ3) is 3.16. The van der Waals surface area contributed by atoms with Crippen LogP contribution in [0.25, 0.3) is 0 Å². The summed E-state index contributed by atoms with van der Waals surface area (Å²) in [4.78, 5) is 16.0. The van der Waals surface area contributed by atoms with E-state index in [-0.39, 0.29) is 5.57 Å². The lowest BCUT2D eigenvalue weighted by atomic mass is 9.97. The standard InChI is InChI=1S/C14H15ClN2O2S/c1-3-20-14-16-8(2)11(13(18)19)12(17-14)9-4-6-10(15)7-5-9/h4-7,12H,3H2,1-2H3,(H,16,17)(H,18,19). The van der Waals surface area contributed by atoms with E-state index in [0.717, 1.165) is 16.5 Å². The predicted molar refractivity (Wildman–Crippen MR) is 83.2 cm³/mol. The summed E-state index contributed by atoms with van der Waals surface area (Å²) in [6.07, 6.45) is 0. The van der Waals surface area contributed by atoms with Crippen molar-refractivity contribution >= 4 is 34.5 Å². The SMILES string of the molecule is CCSC1=NC(c2ccc(Cl)cc2)C(C(=O)O)=C(C)N1. The summed E-state index contributed by atoms with van der Waals surface area (Å²) in [5.41, 5.74) is 1.72. The number of nitrogens with one attached hydrogen (secondary N) is 1. The molecule has 0 aromatic heterocycles. The summed E-state index contributed by atoms with van der Waals surface area (Å²) in [6.45, 7) is 3.79. The van der Waals surface area contributed by atoms with Crippen molar-refractivity contribution in [2.75, 3.05) is 5.75 Å². The van der Waals surface area contributed by atoms with Crippen molar-refractivity contribution in [2.45, 2.75) is 19.9 Å². The molecule has 1 aliphatic heterocycles. The van der Waals surface area contributed by atoms with Crippen molar-refractivity contribution in [3.63, 3.8) is 0 Å². The van der Waals surface area contributed by atoms with E-state index in [4.69, 9.17) is 11.6 Å². The van der Waals surface area contributed by atoms with Gasteiger partial charge < -0.3 is 10.4 Å². The van der Waals surface area contributed by atoms with Gasteiger partial charge in [0.15, 0.2) is 5.17 Å². The smallest absolute Gasteiger partial charge is 0.335 e. The lowest BCUT2D eigenvalue weighted by Crippen LogP contribution is -2.29. The molecule has 1 aromatic rings. The summed E-state index contributed by atoms with van der Waals surface area (Å²) in [7, 11) is 0. The van der Waals surface area contributed by atoms with Crippen molar-refractivity contribution in [3.8, 4) is 0 Å². The number of amidine groups is 1. The quantitative estimate of drug-likeness (QED) is 0.897. The first-order chi connectivity index (χ1) is 9.52. The van der Waals surface area contributed by atoms with Gasteiger partial charge in [-0.3, -0.25) is 0 Å². The molecule has 2 N–H and O–H groups in total. The highest BCUT2D eigenvalue weighted by Crippen LogP contribution is 2.32. The molecular weight excluding hydrogens is 296 g/mol. The van der Waals surface area contributed by atoms with E-state index >= 15 is 0 Å². The highest BCUT2D eigenvalue weighted by molar-refractivity contribution is 8.13. The van der Waals surface area contributed by atoms with Crippen molar-refractivity contribution in [1.29, 1.82) is 0 Å². The Morgan fingerprint density at radius 3 is 2.65 bits per heavy atom. The number of thioether (sulfide) groups is 1. The lowest BCUT2D eigenvalue weighted by Gasteiger charge is -2.24. The minimum absolute atomic E-state index is 0.271. The molecular formula is C14H15ClN2O2S. The van der Waals surface area contributed by atoms with Gasteiger partial charge in [-0.2, -0.15) is 0 Å². The lowest BCUT2D eigenvalue weighted by molar-refractivity contribution is -0.133. The van der Waals surface area contributed by atoms with Gasteiger partial charge in [0, 0.05) is 10.7 Å². The third-order valence-electron chi connectivity index (χ3n) is 2.92. The fourth-order valence-electron chi connectivity index (χ4n) is 2.02. The molecule has 2 rings (SSSR count). The van der Waals surface area contributed by atoms with E-state index in [1.165, 1.54) is 0 Å².